The lowest BCUT2D eigenvalue weighted by Gasteiger charge is -2.29. The van der Waals surface area contributed by atoms with Crippen molar-refractivity contribution in [3.8, 4) is 5.75 Å². The fraction of sp³-hybridized carbons (Fsp3) is 0.412. The standard InChI is InChI=1S/C17H21NO2/c1-11-5-13(7-14(19)6-11)18-10-15-12(2)8-17(3,4)9-16(15)20/h5-7,10,19H,8-9H2,1-4H3. The molecule has 0 aromatic heterocycles. The Labute approximate surface area is 120 Å². The number of carbonyl (C=O) groups excluding carboxylic acids is 1. The summed E-state index contributed by atoms with van der Waals surface area (Å²) in [6, 6.07) is 5.15. The summed E-state index contributed by atoms with van der Waals surface area (Å²) in [6.07, 6.45) is 3.12. The number of nitrogens with zero attached hydrogens (tertiary/aromatic N) is 1. The van der Waals surface area contributed by atoms with Gasteiger partial charge in [-0.25, -0.2) is 0 Å². The number of rotatable bonds is 2. The van der Waals surface area contributed by atoms with Gasteiger partial charge in [0.1, 0.15) is 5.75 Å². The van der Waals surface area contributed by atoms with Crippen molar-refractivity contribution in [2.24, 2.45) is 10.4 Å². The maximum atomic E-state index is 12.2. The van der Waals surface area contributed by atoms with Gasteiger partial charge in [0, 0.05) is 24.3 Å². The zero-order valence-corrected chi connectivity index (χ0v) is 12.5. The van der Waals surface area contributed by atoms with Gasteiger partial charge in [0.25, 0.3) is 0 Å². The van der Waals surface area contributed by atoms with Crippen molar-refractivity contribution in [2.75, 3.05) is 0 Å². The van der Waals surface area contributed by atoms with Gasteiger partial charge in [0.15, 0.2) is 5.78 Å². The van der Waals surface area contributed by atoms with Crippen molar-refractivity contribution >= 4 is 17.7 Å². The number of carbonyl (C=O) groups is 1. The molecule has 2 rings (SSSR count). The normalized spacial score (nSPS) is 18.9. The molecule has 0 atom stereocenters. The van der Waals surface area contributed by atoms with E-state index in [0.29, 0.717) is 17.7 Å². The van der Waals surface area contributed by atoms with Gasteiger partial charge in [0.2, 0.25) is 0 Å². The predicted molar refractivity (Wildman–Crippen MR) is 81.7 cm³/mol. The highest BCUT2D eigenvalue weighted by Crippen LogP contribution is 2.36. The molecule has 3 nitrogen and oxygen atoms in total. The number of aliphatic imine (C=N–C) groups is 1. The molecule has 0 unspecified atom stereocenters. The molecule has 0 aliphatic heterocycles. The Morgan fingerprint density at radius 2 is 1.90 bits per heavy atom. The number of aromatic hydroxyl groups is 1. The van der Waals surface area contributed by atoms with E-state index in [9.17, 15) is 9.90 Å². The van der Waals surface area contributed by atoms with Crippen molar-refractivity contribution in [3.05, 3.63) is 34.9 Å². The first-order chi connectivity index (χ1) is 9.27. The van der Waals surface area contributed by atoms with Crippen molar-refractivity contribution in [1.29, 1.82) is 0 Å². The quantitative estimate of drug-likeness (QED) is 0.823. The second-order valence-corrected chi connectivity index (χ2v) is 6.42. The second kappa shape index (κ2) is 5.23. The van der Waals surface area contributed by atoms with Gasteiger partial charge in [0.05, 0.1) is 5.69 Å². The van der Waals surface area contributed by atoms with Crippen LogP contribution in [-0.4, -0.2) is 17.1 Å². The smallest absolute Gasteiger partial charge is 0.164 e. The van der Waals surface area contributed by atoms with E-state index in [1.165, 1.54) is 0 Å². The molecule has 1 aliphatic carbocycles. The van der Waals surface area contributed by atoms with E-state index in [-0.39, 0.29) is 16.9 Å². The monoisotopic (exact) mass is 271 g/mol. The number of hydrogen-bond donors (Lipinski definition) is 1. The van der Waals surface area contributed by atoms with E-state index >= 15 is 0 Å². The van der Waals surface area contributed by atoms with Gasteiger partial charge in [-0.15, -0.1) is 0 Å². The summed E-state index contributed by atoms with van der Waals surface area (Å²) >= 11 is 0. The van der Waals surface area contributed by atoms with Crippen LogP contribution in [0.15, 0.2) is 34.3 Å². The number of phenolic OH excluding ortho intramolecular Hbond substituents is 1. The Hall–Kier alpha value is -1.90. The van der Waals surface area contributed by atoms with Crippen molar-refractivity contribution in [1.82, 2.24) is 0 Å². The zero-order chi connectivity index (χ0) is 14.9. The molecule has 0 saturated carbocycles. The molecule has 1 aromatic carbocycles. The van der Waals surface area contributed by atoms with E-state index in [2.05, 4.69) is 18.8 Å². The number of allylic oxidation sites excluding steroid dienone is 2. The Bertz CT molecular complexity index is 589. The minimum Gasteiger partial charge on any atom is -0.508 e. The molecule has 0 radical (unpaired) electrons. The molecule has 0 saturated heterocycles. The van der Waals surface area contributed by atoms with Gasteiger partial charge in [-0.05, 0) is 43.4 Å². The zero-order valence-electron chi connectivity index (χ0n) is 12.5. The van der Waals surface area contributed by atoms with Crippen LogP contribution >= 0.6 is 0 Å². The molecule has 0 bridgehead atoms. The SMILES string of the molecule is CC1=C(C=Nc2cc(C)cc(O)c2)C(=O)CC(C)(C)C1. The van der Waals surface area contributed by atoms with E-state index in [1.807, 2.05) is 19.9 Å². The first kappa shape index (κ1) is 14.5. The fourth-order valence-corrected chi connectivity index (χ4v) is 2.78. The van der Waals surface area contributed by atoms with Crippen LogP contribution < -0.4 is 0 Å². The van der Waals surface area contributed by atoms with Gasteiger partial charge in [-0.2, -0.15) is 0 Å². The van der Waals surface area contributed by atoms with Crippen LogP contribution in [0, 0.1) is 12.3 Å². The molecule has 1 aliphatic rings. The van der Waals surface area contributed by atoms with Gasteiger partial charge in [-0.1, -0.05) is 19.4 Å². The molecule has 0 heterocycles. The van der Waals surface area contributed by atoms with Crippen LogP contribution in [0.5, 0.6) is 5.75 Å². The molecule has 1 N–H and O–H groups in total. The Kier molecular flexibility index (Phi) is 3.80. The lowest BCUT2D eigenvalue weighted by Crippen LogP contribution is -2.25. The Morgan fingerprint density at radius 3 is 2.50 bits per heavy atom. The Balaban J connectivity index is 2.29. The molecule has 1 aromatic rings. The minimum absolute atomic E-state index is 0.0418. The molecule has 106 valence electrons. The highest BCUT2D eigenvalue weighted by molar-refractivity contribution is 6.15. The summed E-state index contributed by atoms with van der Waals surface area (Å²) in [5.41, 5.74) is 3.46. The summed E-state index contributed by atoms with van der Waals surface area (Å²) < 4.78 is 0. The first-order valence-electron chi connectivity index (χ1n) is 6.84. The maximum Gasteiger partial charge on any atom is 0.164 e. The third-order valence-electron chi connectivity index (χ3n) is 3.53. The molecule has 3 heteroatoms. The van der Waals surface area contributed by atoms with Gasteiger partial charge in [-0.3, -0.25) is 9.79 Å². The summed E-state index contributed by atoms with van der Waals surface area (Å²) in [5, 5.41) is 9.55. The van der Waals surface area contributed by atoms with Crippen molar-refractivity contribution < 1.29 is 9.90 Å². The van der Waals surface area contributed by atoms with Crippen LogP contribution in [0.2, 0.25) is 0 Å². The summed E-state index contributed by atoms with van der Waals surface area (Å²) in [4.78, 5) is 16.5. The van der Waals surface area contributed by atoms with Gasteiger partial charge < -0.3 is 5.11 Å². The van der Waals surface area contributed by atoms with Crippen LogP contribution in [-0.2, 0) is 4.79 Å². The van der Waals surface area contributed by atoms with E-state index < -0.39 is 0 Å². The van der Waals surface area contributed by atoms with Crippen LogP contribution in [0.1, 0.15) is 39.2 Å². The average molecular weight is 271 g/mol. The first-order valence-corrected chi connectivity index (χ1v) is 6.84. The summed E-state index contributed by atoms with van der Waals surface area (Å²) in [5.74, 6) is 0.346. The molecule has 0 amide bonds. The molecule has 0 spiro atoms. The predicted octanol–water partition coefficient (Wildman–Crippen LogP) is 4.11. The van der Waals surface area contributed by atoms with Crippen molar-refractivity contribution in [2.45, 2.75) is 40.5 Å². The minimum atomic E-state index is 0.0418. The lowest BCUT2D eigenvalue weighted by molar-refractivity contribution is -0.117. The third-order valence-corrected chi connectivity index (χ3v) is 3.53. The van der Waals surface area contributed by atoms with Crippen LogP contribution in [0.4, 0.5) is 5.69 Å². The average Bonchev–Trinajstić information content (AvgIpc) is 2.24. The number of phenols is 1. The van der Waals surface area contributed by atoms with E-state index in [1.54, 1.807) is 18.3 Å². The number of Topliss-reactive ketones (excluding diaryl/α,β-unsaturated/α-hetero) is 1. The molecular weight excluding hydrogens is 250 g/mol. The van der Waals surface area contributed by atoms with Crippen LogP contribution in [0.3, 0.4) is 0 Å². The maximum absolute atomic E-state index is 12.2. The van der Waals surface area contributed by atoms with E-state index in [0.717, 1.165) is 17.6 Å². The lowest BCUT2D eigenvalue weighted by atomic mass is 9.74. The van der Waals surface area contributed by atoms with Crippen molar-refractivity contribution in [3.63, 3.8) is 0 Å². The Morgan fingerprint density at radius 1 is 1.20 bits per heavy atom. The number of hydrogen-bond acceptors (Lipinski definition) is 3. The molecule has 0 fully saturated rings. The summed E-state index contributed by atoms with van der Waals surface area (Å²) in [6.45, 7) is 8.12. The fourth-order valence-electron chi connectivity index (χ4n) is 2.78. The second-order valence-electron chi connectivity index (χ2n) is 6.42. The number of aryl methyl sites for hydroxylation is 1. The largest absolute Gasteiger partial charge is 0.508 e. The van der Waals surface area contributed by atoms with Gasteiger partial charge >= 0.3 is 0 Å². The number of benzene rings is 1. The highest BCUT2D eigenvalue weighted by atomic mass is 16.3. The van der Waals surface area contributed by atoms with Crippen LogP contribution in [0.25, 0.3) is 0 Å². The third kappa shape index (κ3) is 3.35. The molecular formula is C17H21NO2. The van der Waals surface area contributed by atoms with E-state index in [4.69, 9.17) is 0 Å². The molecule has 20 heavy (non-hydrogen) atoms. The topological polar surface area (TPSA) is 49.7 Å². The summed E-state index contributed by atoms with van der Waals surface area (Å²) in [7, 11) is 0. The number of ketones is 1. The highest BCUT2D eigenvalue weighted by Gasteiger charge is 2.30.